The summed E-state index contributed by atoms with van der Waals surface area (Å²) in [5.74, 6) is 0. The van der Waals surface area contributed by atoms with Gasteiger partial charge < -0.3 is 5.32 Å². The van der Waals surface area contributed by atoms with Crippen molar-refractivity contribution in [2.45, 2.75) is 18.5 Å². The summed E-state index contributed by atoms with van der Waals surface area (Å²) in [7, 11) is 0. The second-order valence-corrected chi connectivity index (χ2v) is 8.68. The molecule has 2 aromatic carbocycles. The number of nitrogens with one attached hydrogen (secondary N) is 1. The van der Waals surface area contributed by atoms with Crippen molar-refractivity contribution in [1.82, 2.24) is 10.3 Å². The number of benzene rings is 2. The van der Waals surface area contributed by atoms with Crippen LogP contribution in [-0.2, 0) is 0 Å². The zero-order chi connectivity index (χ0) is 22.7. The van der Waals surface area contributed by atoms with Crippen molar-refractivity contribution >= 4 is 11.3 Å². The molecule has 0 saturated carbocycles. The molecular weight excluding hydrogens is 414 g/mol. The van der Waals surface area contributed by atoms with Gasteiger partial charge in [-0.3, -0.25) is 9.98 Å². The standard InChI is InChI=1S/C31H25N3/c1-2-10-30-26(7-1)27(22-11-13-23(14-12-22)28-8-3-5-19-32-28)21-31(34-30)25-17-15-24(16-18-25)29-9-4-6-20-33-29/h1-9,11-21,28,30,32H,10H2. The minimum atomic E-state index is 0.156. The van der Waals surface area contributed by atoms with Crippen molar-refractivity contribution in [2.24, 2.45) is 4.99 Å². The minimum absolute atomic E-state index is 0.156. The molecule has 0 spiro atoms. The SMILES string of the molecule is C1=CCC2N=C(c3ccc(-c4ccccn4)cc3)C=C(c3ccc(C4C=CC=CN4)cc3)C2=C1. The molecule has 1 aliphatic carbocycles. The van der Waals surface area contributed by atoms with Crippen LogP contribution in [0.3, 0.4) is 0 Å². The fourth-order valence-corrected chi connectivity index (χ4v) is 4.71. The van der Waals surface area contributed by atoms with Crippen LogP contribution in [-0.4, -0.2) is 16.7 Å². The van der Waals surface area contributed by atoms with Gasteiger partial charge in [0, 0.05) is 11.8 Å². The molecule has 0 radical (unpaired) electrons. The van der Waals surface area contributed by atoms with Crippen LogP contribution in [0.2, 0.25) is 0 Å². The molecule has 1 N–H and O–H groups in total. The van der Waals surface area contributed by atoms with Crippen LogP contribution in [0.1, 0.15) is 29.2 Å². The minimum Gasteiger partial charge on any atom is -0.381 e. The molecule has 3 heterocycles. The molecule has 2 unspecified atom stereocenters. The molecule has 1 aromatic heterocycles. The van der Waals surface area contributed by atoms with Crippen LogP contribution < -0.4 is 5.32 Å². The average Bonchev–Trinajstić information content (AvgIpc) is 2.94. The van der Waals surface area contributed by atoms with Crippen LogP contribution >= 0.6 is 0 Å². The monoisotopic (exact) mass is 439 g/mol. The first-order chi connectivity index (χ1) is 16.8. The fraction of sp³-hybridized carbons (Fsp3) is 0.0968. The summed E-state index contributed by atoms with van der Waals surface area (Å²) >= 11 is 0. The van der Waals surface area contributed by atoms with E-state index in [1.807, 2.05) is 36.7 Å². The molecule has 164 valence electrons. The van der Waals surface area contributed by atoms with E-state index >= 15 is 0 Å². The zero-order valence-corrected chi connectivity index (χ0v) is 18.8. The predicted octanol–water partition coefficient (Wildman–Crippen LogP) is 6.60. The summed E-state index contributed by atoms with van der Waals surface area (Å²) in [4.78, 5) is 9.59. The lowest BCUT2D eigenvalue weighted by Crippen LogP contribution is -2.19. The number of rotatable bonds is 4. The summed E-state index contributed by atoms with van der Waals surface area (Å²) in [5.41, 5.74) is 9.29. The maximum atomic E-state index is 5.12. The maximum absolute atomic E-state index is 5.12. The van der Waals surface area contributed by atoms with Gasteiger partial charge in [-0.25, -0.2) is 0 Å². The molecule has 0 amide bonds. The van der Waals surface area contributed by atoms with Crippen LogP contribution in [0.25, 0.3) is 16.8 Å². The van der Waals surface area contributed by atoms with Gasteiger partial charge in [0.25, 0.3) is 0 Å². The molecule has 34 heavy (non-hydrogen) atoms. The largest absolute Gasteiger partial charge is 0.381 e. The van der Waals surface area contributed by atoms with E-state index in [4.69, 9.17) is 4.99 Å². The summed E-state index contributed by atoms with van der Waals surface area (Å²) in [5, 5.41) is 3.40. The number of aromatic nitrogens is 1. The Morgan fingerprint density at radius 1 is 0.794 bits per heavy atom. The quantitative estimate of drug-likeness (QED) is 0.497. The Kier molecular flexibility index (Phi) is 5.36. The van der Waals surface area contributed by atoms with E-state index in [1.54, 1.807) is 0 Å². The van der Waals surface area contributed by atoms with E-state index in [9.17, 15) is 0 Å². The van der Waals surface area contributed by atoms with Gasteiger partial charge in [-0.05, 0) is 64.7 Å². The number of dihydropyridines is 2. The lowest BCUT2D eigenvalue weighted by molar-refractivity contribution is 0.746. The zero-order valence-electron chi connectivity index (χ0n) is 18.8. The van der Waals surface area contributed by atoms with Crippen molar-refractivity contribution in [1.29, 1.82) is 0 Å². The highest BCUT2D eigenvalue weighted by atomic mass is 14.9. The number of aliphatic imine (C=N–C) groups is 1. The molecule has 3 aliphatic rings. The van der Waals surface area contributed by atoms with Crippen molar-refractivity contribution in [3.05, 3.63) is 144 Å². The van der Waals surface area contributed by atoms with Gasteiger partial charge in [-0.2, -0.15) is 0 Å². The van der Waals surface area contributed by atoms with Gasteiger partial charge >= 0.3 is 0 Å². The fourth-order valence-electron chi connectivity index (χ4n) is 4.71. The van der Waals surface area contributed by atoms with Crippen LogP contribution in [0, 0.1) is 0 Å². The molecule has 0 saturated heterocycles. The van der Waals surface area contributed by atoms with E-state index in [1.165, 1.54) is 22.3 Å². The Morgan fingerprint density at radius 3 is 2.38 bits per heavy atom. The Hall–Kier alpha value is -4.24. The van der Waals surface area contributed by atoms with Crippen LogP contribution in [0.5, 0.6) is 0 Å². The molecule has 6 rings (SSSR count). The first-order valence-electron chi connectivity index (χ1n) is 11.7. The third-order valence-electron chi connectivity index (χ3n) is 6.53. The van der Waals surface area contributed by atoms with Gasteiger partial charge in [0.15, 0.2) is 0 Å². The molecule has 3 nitrogen and oxygen atoms in total. The van der Waals surface area contributed by atoms with Crippen LogP contribution in [0.15, 0.2) is 132 Å². The number of pyridine rings is 1. The van der Waals surface area contributed by atoms with E-state index < -0.39 is 0 Å². The number of hydrogen-bond acceptors (Lipinski definition) is 3. The van der Waals surface area contributed by atoms with E-state index in [-0.39, 0.29) is 12.1 Å². The number of fused-ring (bicyclic) bond motifs is 1. The number of allylic oxidation sites excluding steroid dienone is 5. The topological polar surface area (TPSA) is 37.3 Å². The predicted molar refractivity (Wildman–Crippen MR) is 140 cm³/mol. The first-order valence-corrected chi connectivity index (χ1v) is 11.7. The molecule has 2 atom stereocenters. The molecule has 3 heteroatoms. The molecule has 3 aromatic rings. The highest BCUT2D eigenvalue weighted by Gasteiger charge is 2.24. The lowest BCUT2D eigenvalue weighted by atomic mass is 9.84. The Balaban J connectivity index is 1.33. The summed E-state index contributed by atoms with van der Waals surface area (Å²) in [6, 6.07) is 23.9. The van der Waals surface area contributed by atoms with Crippen molar-refractivity contribution in [2.75, 3.05) is 0 Å². The van der Waals surface area contributed by atoms with Gasteiger partial charge in [0.05, 0.1) is 23.5 Å². The van der Waals surface area contributed by atoms with Gasteiger partial charge in [-0.1, -0.05) is 85.0 Å². The van der Waals surface area contributed by atoms with Crippen LogP contribution in [0.4, 0.5) is 0 Å². The van der Waals surface area contributed by atoms with Crippen molar-refractivity contribution in [3.63, 3.8) is 0 Å². The van der Waals surface area contributed by atoms with Crippen molar-refractivity contribution < 1.29 is 0 Å². The molecule has 0 bridgehead atoms. The third-order valence-corrected chi connectivity index (χ3v) is 6.53. The maximum Gasteiger partial charge on any atom is 0.0796 e. The van der Waals surface area contributed by atoms with Gasteiger partial charge in [0.2, 0.25) is 0 Å². The second kappa shape index (κ2) is 8.95. The summed E-state index contributed by atoms with van der Waals surface area (Å²) in [6.07, 6.45) is 19.9. The Labute approximate surface area is 200 Å². The summed E-state index contributed by atoms with van der Waals surface area (Å²) in [6.45, 7) is 0. The molecule has 2 aliphatic heterocycles. The molecule has 0 fully saturated rings. The average molecular weight is 440 g/mol. The van der Waals surface area contributed by atoms with E-state index in [0.29, 0.717) is 0 Å². The summed E-state index contributed by atoms with van der Waals surface area (Å²) < 4.78 is 0. The number of hydrogen-bond donors (Lipinski definition) is 1. The normalized spacial score (nSPS) is 20.6. The third kappa shape index (κ3) is 3.97. The number of nitrogens with zero attached hydrogens (tertiary/aromatic N) is 2. The van der Waals surface area contributed by atoms with Gasteiger partial charge in [-0.15, -0.1) is 0 Å². The smallest absolute Gasteiger partial charge is 0.0796 e. The van der Waals surface area contributed by atoms with E-state index in [2.05, 4.69) is 95.3 Å². The Bertz CT molecular complexity index is 1370. The highest BCUT2D eigenvalue weighted by molar-refractivity contribution is 6.15. The Morgan fingerprint density at radius 2 is 1.62 bits per heavy atom. The van der Waals surface area contributed by atoms with Gasteiger partial charge in [0.1, 0.15) is 0 Å². The lowest BCUT2D eigenvalue weighted by Gasteiger charge is -2.26. The highest BCUT2D eigenvalue weighted by Crippen LogP contribution is 2.36. The molecular formula is C31H25N3. The second-order valence-electron chi connectivity index (χ2n) is 8.68. The van der Waals surface area contributed by atoms with Crippen molar-refractivity contribution in [3.8, 4) is 11.3 Å². The van der Waals surface area contributed by atoms with E-state index in [0.717, 1.165) is 29.0 Å². The first kappa shape index (κ1) is 20.4.